The highest BCUT2D eigenvalue weighted by Gasteiger charge is 2.10. The van der Waals surface area contributed by atoms with Crippen molar-refractivity contribution in [3.63, 3.8) is 0 Å². The first-order valence-corrected chi connectivity index (χ1v) is 11.6. The number of halogens is 1. The summed E-state index contributed by atoms with van der Waals surface area (Å²) < 4.78 is 23.5. The monoisotopic (exact) mass is 479 g/mol. The molecule has 0 saturated heterocycles. The second-order valence-electron chi connectivity index (χ2n) is 6.12. The van der Waals surface area contributed by atoms with Gasteiger partial charge in [0.05, 0.1) is 17.0 Å². The highest BCUT2D eigenvalue weighted by Crippen LogP contribution is 2.26. The summed E-state index contributed by atoms with van der Waals surface area (Å²) in [6, 6.07) is 14.2. The molecule has 3 N–H and O–H groups in total. The van der Waals surface area contributed by atoms with Crippen LogP contribution in [-0.4, -0.2) is 25.9 Å². The molecule has 0 saturated carbocycles. The van der Waals surface area contributed by atoms with Crippen molar-refractivity contribution in [3.8, 4) is 10.6 Å². The molecule has 6 nitrogen and oxygen atoms in total. The Hall–Kier alpha value is -2.07. The fraction of sp³-hybridized carbons (Fsp3) is 0.158. The number of benzene rings is 2. The normalized spacial score (nSPS) is 11.4. The number of rotatable bonds is 7. The second-order valence-corrected chi connectivity index (χ2v) is 9.46. The lowest BCUT2D eigenvalue weighted by molar-refractivity contribution is -0.120. The van der Waals surface area contributed by atoms with Gasteiger partial charge in [-0.05, 0) is 36.2 Å². The van der Waals surface area contributed by atoms with E-state index in [1.54, 1.807) is 12.1 Å². The van der Waals surface area contributed by atoms with Gasteiger partial charge in [0.25, 0.3) is 0 Å². The Balaban J connectivity index is 1.50. The zero-order valence-corrected chi connectivity index (χ0v) is 18.0. The number of amides is 1. The van der Waals surface area contributed by atoms with Gasteiger partial charge in [0.15, 0.2) is 0 Å². The summed E-state index contributed by atoms with van der Waals surface area (Å²) >= 11 is 4.95. The molecule has 3 aromatic rings. The van der Waals surface area contributed by atoms with E-state index in [0.717, 1.165) is 26.3 Å². The van der Waals surface area contributed by atoms with E-state index in [1.807, 2.05) is 29.6 Å². The van der Waals surface area contributed by atoms with Crippen LogP contribution in [0.5, 0.6) is 0 Å². The van der Waals surface area contributed by atoms with Gasteiger partial charge in [-0.2, -0.15) is 0 Å². The number of carbonyl (C=O) groups excluding carboxylic acids is 1. The fourth-order valence-corrected chi connectivity index (χ4v) is 4.29. The number of hydrogen-bond donors (Lipinski definition) is 2. The molecule has 1 aromatic heterocycles. The lowest BCUT2D eigenvalue weighted by atomic mass is 10.1. The van der Waals surface area contributed by atoms with Crippen LogP contribution in [0.3, 0.4) is 0 Å². The van der Waals surface area contributed by atoms with E-state index in [2.05, 4.69) is 26.2 Å². The van der Waals surface area contributed by atoms with E-state index >= 15 is 0 Å². The van der Waals surface area contributed by atoms with Crippen molar-refractivity contribution in [1.82, 2.24) is 10.3 Å². The van der Waals surface area contributed by atoms with Crippen molar-refractivity contribution in [2.75, 3.05) is 6.54 Å². The third-order valence-corrected chi connectivity index (χ3v) is 6.32. The molecule has 0 unspecified atom stereocenters. The molecule has 2 aromatic carbocycles. The standard InChI is InChI=1S/C19H18BrN3O3S2/c20-15-3-1-2-14(10-15)19-23-16(12-27-19)11-18(24)22-9-8-13-4-6-17(7-5-13)28(21,25)26/h1-7,10,12H,8-9,11H2,(H,22,24)(H2,21,25,26). The molecule has 0 atom stereocenters. The number of sulfonamides is 1. The van der Waals surface area contributed by atoms with Gasteiger partial charge >= 0.3 is 0 Å². The van der Waals surface area contributed by atoms with Crippen LogP contribution in [0.2, 0.25) is 0 Å². The summed E-state index contributed by atoms with van der Waals surface area (Å²) in [5.41, 5.74) is 2.65. The first kappa shape index (κ1) is 20.7. The zero-order valence-electron chi connectivity index (χ0n) is 14.8. The van der Waals surface area contributed by atoms with Crippen molar-refractivity contribution in [2.24, 2.45) is 5.14 Å². The SMILES string of the molecule is NS(=O)(=O)c1ccc(CCNC(=O)Cc2csc(-c3cccc(Br)c3)n2)cc1. The first-order valence-electron chi connectivity index (χ1n) is 8.40. The van der Waals surface area contributed by atoms with E-state index < -0.39 is 10.0 Å². The lowest BCUT2D eigenvalue weighted by Crippen LogP contribution is -2.27. The average Bonchev–Trinajstić information content (AvgIpc) is 3.10. The predicted molar refractivity (Wildman–Crippen MR) is 113 cm³/mol. The molecule has 146 valence electrons. The maximum absolute atomic E-state index is 12.1. The van der Waals surface area contributed by atoms with Crippen LogP contribution in [0, 0.1) is 0 Å². The molecule has 9 heteroatoms. The Kier molecular flexibility index (Phi) is 6.61. The molecule has 0 aliphatic rings. The van der Waals surface area contributed by atoms with Gasteiger partial charge in [-0.15, -0.1) is 11.3 Å². The smallest absolute Gasteiger partial charge is 0.238 e. The Bertz CT molecular complexity index is 1080. The van der Waals surface area contributed by atoms with Crippen LogP contribution >= 0.6 is 27.3 Å². The molecule has 1 heterocycles. The van der Waals surface area contributed by atoms with Crippen molar-refractivity contribution >= 4 is 43.2 Å². The van der Waals surface area contributed by atoms with Gasteiger partial charge in [-0.25, -0.2) is 18.5 Å². The molecule has 0 aliphatic carbocycles. The number of carbonyl (C=O) groups is 1. The third kappa shape index (κ3) is 5.71. The van der Waals surface area contributed by atoms with E-state index in [-0.39, 0.29) is 17.2 Å². The maximum atomic E-state index is 12.1. The van der Waals surface area contributed by atoms with Crippen molar-refractivity contribution in [2.45, 2.75) is 17.7 Å². The van der Waals surface area contributed by atoms with E-state index in [9.17, 15) is 13.2 Å². The van der Waals surface area contributed by atoms with Gasteiger partial charge < -0.3 is 5.32 Å². The van der Waals surface area contributed by atoms with Gasteiger partial charge in [-0.1, -0.05) is 40.2 Å². The summed E-state index contributed by atoms with van der Waals surface area (Å²) in [4.78, 5) is 16.7. The number of nitrogens with zero attached hydrogens (tertiary/aromatic N) is 1. The Labute approximate surface area is 176 Å². The van der Waals surface area contributed by atoms with Crippen LogP contribution in [0.25, 0.3) is 10.6 Å². The van der Waals surface area contributed by atoms with E-state index in [1.165, 1.54) is 23.5 Å². The summed E-state index contributed by atoms with van der Waals surface area (Å²) in [6.07, 6.45) is 0.811. The minimum Gasteiger partial charge on any atom is -0.355 e. The highest BCUT2D eigenvalue weighted by molar-refractivity contribution is 9.10. The highest BCUT2D eigenvalue weighted by atomic mass is 79.9. The van der Waals surface area contributed by atoms with E-state index in [0.29, 0.717) is 13.0 Å². The number of hydrogen-bond acceptors (Lipinski definition) is 5. The summed E-state index contributed by atoms with van der Waals surface area (Å²) in [5.74, 6) is -0.104. The van der Waals surface area contributed by atoms with Gasteiger partial charge in [-0.3, -0.25) is 4.79 Å². The van der Waals surface area contributed by atoms with Crippen molar-refractivity contribution in [3.05, 3.63) is 69.6 Å². The molecule has 0 aliphatic heterocycles. The van der Waals surface area contributed by atoms with Crippen molar-refractivity contribution < 1.29 is 13.2 Å². The molecule has 0 fully saturated rings. The topological polar surface area (TPSA) is 102 Å². The molecular formula is C19H18BrN3O3S2. The van der Waals surface area contributed by atoms with Crippen LogP contribution in [0.1, 0.15) is 11.3 Å². The first-order chi connectivity index (χ1) is 13.3. The van der Waals surface area contributed by atoms with Crippen LogP contribution in [-0.2, 0) is 27.7 Å². The number of thiazole rings is 1. The molecule has 0 radical (unpaired) electrons. The van der Waals surface area contributed by atoms with Crippen LogP contribution in [0.15, 0.2) is 63.3 Å². The second kappa shape index (κ2) is 8.95. The number of primary sulfonamides is 1. The molecular weight excluding hydrogens is 462 g/mol. The number of nitrogens with two attached hydrogens (primary N) is 1. The molecule has 0 spiro atoms. The Morgan fingerprint density at radius 2 is 1.93 bits per heavy atom. The predicted octanol–water partition coefficient (Wildman–Crippen LogP) is 3.12. The molecule has 0 bridgehead atoms. The average molecular weight is 480 g/mol. The summed E-state index contributed by atoms with van der Waals surface area (Å²) in [7, 11) is -3.69. The summed E-state index contributed by atoms with van der Waals surface area (Å²) in [5, 5.41) is 10.7. The number of nitrogens with one attached hydrogen (secondary N) is 1. The molecule has 1 amide bonds. The van der Waals surface area contributed by atoms with Gasteiger partial charge in [0.2, 0.25) is 15.9 Å². The largest absolute Gasteiger partial charge is 0.355 e. The summed E-state index contributed by atoms with van der Waals surface area (Å²) in [6.45, 7) is 0.455. The van der Waals surface area contributed by atoms with Gasteiger partial charge in [0, 0.05) is 22.0 Å². The Morgan fingerprint density at radius 3 is 2.61 bits per heavy atom. The van der Waals surface area contributed by atoms with Crippen molar-refractivity contribution in [1.29, 1.82) is 0 Å². The third-order valence-electron chi connectivity index (χ3n) is 3.95. The molecule has 28 heavy (non-hydrogen) atoms. The maximum Gasteiger partial charge on any atom is 0.238 e. The number of aromatic nitrogens is 1. The minimum absolute atomic E-state index is 0.0741. The van der Waals surface area contributed by atoms with Crippen LogP contribution < -0.4 is 10.5 Å². The van der Waals surface area contributed by atoms with Crippen LogP contribution in [0.4, 0.5) is 0 Å². The van der Waals surface area contributed by atoms with E-state index in [4.69, 9.17) is 5.14 Å². The quantitative estimate of drug-likeness (QED) is 0.543. The minimum atomic E-state index is -3.69. The fourth-order valence-electron chi connectivity index (χ4n) is 2.56. The zero-order chi connectivity index (χ0) is 20.1. The van der Waals surface area contributed by atoms with Gasteiger partial charge in [0.1, 0.15) is 5.01 Å². The lowest BCUT2D eigenvalue weighted by Gasteiger charge is -2.05. The molecule has 3 rings (SSSR count). The Morgan fingerprint density at radius 1 is 1.18 bits per heavy atom.